The first-order valence-electron chi connectivity index (χ1n) is 7.14. The fraction of sp³-hybridized carbons (Fsp3) is 0.857. The van der Waals surface area contributed by atoms with E-state index < -0.39 is 0 Å². The number of carbonyl (C=O) groups is 2. The smallest absolute Gasteiger partial charge is 0.240 e. The summed E-state index contributed by atoms with van der Waals surface area (Å²) >= 11 is 0. The van der Waals surface area contributed by atoms with Crippen molar-refractivity contribution in [2.24, 2.45) is 17.7 Å². The molecule has 0 unspecified atom stereocenters. The van der Waals surface area contributed by atoms with E-state index in [9.17, 15) is 9.59 Å². The first-order chi connectivity index (χ1) is 8.93. The highest BCUT2D eigenvalue weighted by Crippen LogP contribution is 2.31. The van der Waals surface area contributed by atoms with Crippen molar-refractivity contribution in [2.45, 2.75) is 39.0 Å². The zero-order chi connectivity index (χ0) is 14.4. The summed E-state index contributed by atoms with van der Waals surface area (Å²) in [4.78, 5) is 26.0. The van der Waals surface area contributed by atoms with Crippen LogP contribution in [0.5, 0.6) is 0 Å². The van der Waals surface area contributed by atoms with E-state index >= 15 is 0 Å². The topological polar surface area (TPSA) is 66.6 Å². The Hall–Kier alpha value is -0.940. The molecule has 0 aliphatic heterocycles. The van der Waals surface area contributed by atoms with Crippen LogP contribution in [0.15, 0.2) is 0 Å². The number of hydrogen-bond donors (Lipinski definition) is 1. The molecule has 1 amide bonds. The number of rotatable bonds is 6. The van der Waals surface area contributed by atoms with Gasteiger partial charge in [0.1, 0.15) is 5.78 Å². The molecule has 0 aromatic heterocycles. The van der Waals surface area contributed by atoms with Gasteiger partial charge in [0.05, 0.1) is 0 Å². The largest absolute Gasteiger partial charge is 0.309 e. The van der Waals surface area contributed by atoms with Crippen molar-refractivity contribution < 1.29 is 9.59 Å². The summed E-state index contributed by atoms with van der Waals surface area (Å²) in [7, 11) is 3.99. The number of hydrogen-bond acceptors (Lipinski definition) is 4. The van der Waals surface area contributed by atoms with Gasteiger partial charge in [-0.3, -0.25) is 14.6 Å². The van der Waals surface area contributed by atoms with Gasteiger partial charge in [0.25, 0.3) is 0 Å². The van der Waals surface area contributed by atoms with Gasteiger partial charge in [0, 0.05) is 18.4 Å². The second kappa shape index (κ2) is 7.60. The summed E-state index contributed by atoms with van der Waals surface area (Å²) in [5, 5.41) is 1.31. The summed E-state index contributed by atoms with van der Waals surface area (Å²) in [5.74, 6) is 5.60. The summed E-state index contributed by atoms with van der Waals surface area (Å²) in [6, 6.07) is 0. The average Bonchev–Trinajstić information content (AvgIpc) is 2.37. The number of nitrogens with zero attached hydrogens (tertiary/aromatic N) is 2. The lowest BCUT2D eigenvalue weighted by Crippen LogP contribution is -2.46. The number of hydrazine groups is 1. The predicted octanol–water partition coefficient (Wildman–Crippen LogP) is 1.04. The Morgan fingerprint density at radius 3 is 2.21 bits per heavy atom. The average molecular weight is 269 g/mol. The number of nitrogens with two attached hydrogens (primary N) is 1. The number of Topliss-reactive ketones (excluding diaryl/α,β-unsaturated/α-hetero) is 1. The van der Waals surface area contributed by atoms with Crippen LogP contribution in [0.3, 0.4) is 0 Å². The van der Waals surface area contributed by atoms with Crippen LogP contribution in [0, 0.1) is 11.8 Å². The molecule has 5 nitrogen and oxygen atoms in total. The number of ketones is 1. The molecular weight excluding hydrogens is 242 g/mol. The molecule has 5 heteroatoms. The van der Waals surface area contributed by atoms with Gasteiger partial charge in [-0.05, 0) is 46.8 Å². The van der Waals surface area contributed by atoms with Crippen molar-refractivity contribution in [2.75, 3.05) is 27.2 Å². The highest BCUT2D eigenvalue weighted by atomic mass is 16.2. The molecule has 1 rings (SSSR count). The van der Waals surface area contributed by atoms with Crippen LogP contribution in [0.2, 0.25) is 0 Å². The molecule has 1 saturated carbocycles. The molecule has 1 aliphatic carbocycles. The second-order valence-corrected chi connectivity index (χ2v) is 5.80. The minimum atomic E-state index is -0.199. The van der Waals surface area contributed by atoms with Crippen molar-refractivity contribution in [3.05, 3.63) is 0 Å². The molecule has 1 fully saturated rings. The quantitative estimate of drug-likeness (QED) is 0.444. The first-order valence-corrected chi connectivity index (χ1v) is 7.14. The van der Waals surface area contributed by atoms with Crippen molar-refractivity contribution >= 4 is 11.7 Å². The third kappa shape index (κ3) is 4.91. The monoisotopic (exact) mass is 269 g/mol. The standard InChI is InChI=1S/C14H27N3O2/c1-11(18)12-7-4-5-8-13(12)14(19)17(15)10-6-9-16(2)3/h12-13H,4-10,15H2,1-3H3/t12-,13-/m1/s1. The van der Waals surface area contributed by atoms with Gasteiger partial charge >= 0.3 is 0 Å². The maximum absolute atomic E-state index is 12.3. The Bertz CT molecular complexity index is 318. The van der Waals surface area contributed by atoms with Gasteiger partial charge in [-0.2, -0.15) is 0 Å². The predicted molar refractivity (Wildman–Crippen MR) is 75.2 cm³/mol. The fourth-order valence-corrected chi connectivity index (χ4v) is 2.79. The summed E-state index contributed by atoms with van der Waals surface area (Å²) in [6.45, 7) is 3.04. The van der Waals surface area contributed by atoms with Crippen LogP contribution in [-0.4, -0.2) is 48.8 Å². The van der Waals surface area contributed by atoms with E-state index in [2.05, 4.69) is 4.90 Å². The Morgan fingerprint density at radius 1 is 1.11 bits per heavy atom. The molecule has 2 N–H and O–H groups in total. The molecule has 2 atom stereocenters. The van der Waals surface area contributed by atoms with E-state index in [0.717, 1.165) is 38.6 Å². The minimum absolute atomic E-state index is 0.0568. The third-order valence-corrected chi connectivity index (χ3v) is 3.89. The fourth-order valence-electron chi connectivity index (χ4n) is 2.79. The Labute approximate surface area is 116 Å². The Kier molecular flexibility index (Phi) is 6.45. The lowest BCUT2D eigenvalue weighted by molar-refractivity contribution is -0.142. The maximum Gasteiger partial charge on any atom is 0.240 e. The molecule has 19 heavy (non-hydrogen) atoms. The van der Waals surface area contributed by atoms with E-state index in [1.54, 1.807) is 6.92 Å². The highest BCUT2D eigenvalue weighted by Gasteiger charge is 2.35. The molecular formula is C14H27N3O2. The first kappa shape index (κ1) is 16.1. The van der Waals surface area contributed by atoms with E-state index in [1.165, 1.54) is 5.01 Å². The molecule has 0 spiro atoms. The molecule has 110 valence electrons. The SMILES string of the molecule is CC(=O)[C@H]1CCCC[C@H]1C(=O)N(N)CCCN(C)C. The molecule has 0 heterocycles. The van der Waals surface area contributed by atoms with Crippen LogP contribution in [0.1, 0.15) is 39.0 Å². The maximum atomic E-state index is 12.3. The van der Waals surface area contributed by atoms with Crippen LogP contribution >= 0.6 is 0 Å². The van der Waals surface area contributed by atoms with Crippen LogP contribution in [-0.2, 0) is 9.59 Å². The van der Waals surface area contributed by atoms with Crippen molar-refractivity contribution in [3.8, 4) is 0 Å². The second-order valence-electron chi connectivity index (χ2n) is 5.80. The van der Waals surface area contributed by atoms with E-state index in [0.29, 0.717) is 6.54 Å². The molecule has 0 aromatic carbocycles. The summed E-state index contributed by atoms with van der Waals surface area (Å²) in [6.07, 6.45) is 4.54. The van der Waals surface area contributed by atoms with E-state index in [4.69, 9.17) is 5.84 Å². The molecule has 0 bridgehead atoms. The van der Waals surface area contributed by atoms with Gasteiger partial charge in [0.15, 0.2) is 0 Å². The Morgan fingerprint density at radius 2 is 1.68 bits per heavy atom. The van der Waals surface area contributed by atoms with Gasteiger partial charge in [-0.15, -0.1) is 0 Å². The van der Waals surface area contributed by atoms with Gasteiger partial charge < -0.3 is 4.90 Å². The van der Waals surface area contributed by atoms with Crippen LogP contribution in [0.25, 0.3) is 0 Å². The lowest BCUT2D eigenvalue weighted by Gasteiger charge is -2.31. The van der Waals surface area contributed by atoms with Crippen molar-refractivity contribution in [1.29, 1.82) is 0 Å². The van der Waals surface area contributed by atoms with Crippen molar-refractivity contribution in [3.63, 3.8) is 0 Å². The summed E-state index contributed by atoms with van der Waals surface area (Å²) < 4.78 is 0. The van der Waals surface area contributed by atoms with Gasteiger partial charge in [-0.1, -0.05) is 12.8 Å². The normalized spacial score (nSPS) is 23.4. The van der Waals surface area contributed by atoms with Crippen LogP contribution in [0.4, 0.5) is 0 Å². The number of amides is 1. The van der Waals surface area contributed by atoms with E-state index in [1.807, 2.05) is 14.1 Å². The van der Waals surface area contributed by atoms with Crippen LogP contribution < -0.4 is 5.84 Å². The lowest BCUT2D eigenvalue weighted by atomic mass is 9.76. The Balaban J connectivity index is 2.51. The number of carbonyl (C=O) groups excluding carboxylic acids is 2. The van der Waals surface area contributed by atoms with Gasteiger partial charge in [0.2, 0.25) is 5.91 Å². The zero-order valence-corrected chi connectivity index (χ0v) is 12.4. The molecule has 0 saturated heterocycles. The van der Waals surface area contributed by atoms with E-state index in [-0.39, 0.29) is 23.5 Å². The van der Waals surface area contributed by atoms with Gasteiger partial charge in [-0.25, -0.2) is 5.84 Å². The zero-order valence-electron chi connectivity index (χ0n) is 12.4. The van der Waals surface area contributed by atoms with Crippen molar-refractivity contribution in [1.82, 2.24) is 9.91 Å². The molecule has 0 aromatic rings. The minimum Gasteiger partial charge on any atom is -0.309 e. The molecule has 1 aliphatic rings. The summed E-state index contributed by atoms with van der Waals surface area (Å²) in [5.41, 5.74) is 0. The molecule has 0 radical (unpaired) electrons. The highest BCUT2D eigenvalue weighted by molar-refractivity contribution is 5.87. The third-order valence-electron chi connectivity index (χ3n) is 3.89.